The van der Waals surface area contributed by atoms with Gasteiger partial charge in [-0.15, -0.1) is 0 Å². The number of anilines is 2. The van der Waals surface area contributed by atoms with Gasteiger partial charge in [0.1, 0.15) is 11.4 Å². The second kappa shape index (κ2) is 9.87. The number of aromatic nitrogens is 3. The standard InChI is InChI=1S/C30H31N5O/c1-19-16-20(2)27(22(4)21(19)3)36-29-26-14-15-35(18-24-8-6-5-7-9-24)28(26)33-30(34-29)32-25-12-10-23(17-31)11-13-25/h5-15,19-21H,16,18H2,1-4H3,(H,32,33,34)/t19-,20?,21?/m0/s1. The molecule has 6 nitrogen and oxygen atoms in total. The lowest BCUT2D eigenvalue weighted by molar-refractivity contribution is 0.247. The van der Waals surface area contributed by atoms with Crippen molar-refractivity contribution in [1.29, 1.82) is 5.26 Å². The molecule has 0 saturated carbocycles. The average molecular weight is 478 g/mol. The van der Waals surface area contributed by atoms with Crippen molar-refractivity contribution in [3.63, 3.8) is 0 Å². The summed E-state index contributed by atoms with van der Waals surface area (Å²) in [6, 6.07) is 21.8. The smallest absolute Gasteiger partial charge is 0.233 e. The van der Waals surface area contributed by atoms with Crippen molar-refractivity contribution in [3.05, 3.63) is 89.3 Å². The topological polar surface area (TPSA) is 75.8 Å². The Balaban J connectivity index is 1.57. The normalized spacial score (nSPS) is 19.8. The molecule has 2 aromatic carbocycles. The van der Waals surface area contributed by atoms with Gasteiger partial charge in [-0.1, -0.05) is 51.1 Å². The first kappa shape index (κ1) is 23.6. The van der Waals surface area contributed by atoms with Gasteiger partial charge in [0.2, 0.25) is 11.8 Å². The lowest BCUT2D eigenvalue weighted by Gasteiger charge is -2.33. The van der Waals surface area contributed by atoms with E-state index in [4.69, 9.17) is 20.0 Å². The van der Waals surface area contributed by atoms with Gasteiger partial charge in [0.25, 0.3) is 0 Å². The molecule has 2 aromatic heterocycles. The summed E-state index contributed by atoms with van der Waals surface area (Å²) in [5, 5.41) is 13.3. The van der Waals surface area contributed by atoms with Crippen LogP contribution in [0, 0.1) is 29.1 Å². The third-order valence-corrected chi connectivity index (χ3v) is 7.35. The molecule has 1 N–H and O–H groups in total. The predicted molar refractivity (Wildman–Crippen MR) is 143 cm³/mol. The van der Waals surface area contributed by atoms with Gasteiger partial charge >= 0.3 is 0 Å². The summed E-state index contributed by atoms with van der Waals surface area (Å²) in [4.78, 5) is 9.68. The molecule has 36 heavy (non-hydrogen) atoms. The maximum atomic E-state index is 9.12. The number of rotatable bonds is 6. The van der Waals surface area contributed by atoms with E-state index in [1.807, 2.05) is 42.6 Å². The summed E-state index contributed by atoms with van der Waals surface area (Å²) in [6.45, 7) is 9.70. The third-order valence-electron chi connectivity index (χ3n) is 7.35. The molecule has 5 rings (SSSR count). The van der Waals surface area contributed by atoms with Gasteiger partial charge in [-0.3, -0.25) is 0 Å². The predicted octanol–water partition coefficient (Wildman–Crippen LogP) is 7.06. The maximum Gasteiger partial charge on any atom is 0.233 e. The Morgan fingerprint density at radius 1 is 1.03 bits per heavy atom. The van der Waals surface area contributed by atoms with Gasteiger partial charge in [0.15, 0.2) is 0 Å². The number of benzene rings is 2. The Morgan fingerprint density at radius 3 is 2.50 bits per heavy atom. The second-order valence-electron chi connectivity index (χ2n) is 9.89. The fraction of sp³-hybridized carbons (Fsp3) is 0.300. The van der Waals surface area contributed by atoms with Crippen LogP contribution in [0.4, 0.5) is 11.6 Å². The van der Waals surface area contributed by atoms with E-state index in [1.165, 1.54) is 11.1 Å². The van der Waals surface area contributed by atoms with E-state index in [0.29, 0.717) is 41.7 Å². The lowest BCUT2D eigenvalue weighted by Crippen LogP contribution is -2.25. The average Bonchev–Trinajstić information content (AvgIpc) is 3.29. The third kappa shape index (κ3) is 4.70. The molecule has 1 aliphatic rings. The summed E-state index contributed by atoms with van der Waals surface area (Å²) in [6.07, 6.45) is 3.13. The molecule has 3 atom stereocenters. The van der Waals surface area contributed by atoms with E-state index in [9.17, 15) is 0 Å². The number of ether oxygens (including phenoxy) is 1. The van der Waals surface area contributed by atoms with E-state index in [2.05, 4.69) is 55.8 Å². The van der Waals surface area contributed by atoms with Crippen LogP contribution in [-0.4, -0.2) is 14.5 Å². The van der Waals surface area contributed by atoms with Gasteiger partial charge in [0, 0.05) is 24.3 Å². The molecule has 0 radical (unpaired) electrons. The molecule has 4 aromatic rings. The quantitative estimate of drug-likeness (QED) is 0.322. The first-order valence-corrected chi connectivity index (χ1v) is 12.5. The number of hydrogen-bond acceptors (Lipinski definition) is 5. The minimum Gasteiger partial charge on any atom is -0.442 e. The summed E-state index contributed by atoms with van der Waals surface area (Å²) >= 11 is 0. The zero-order valence-corrected chi connectivity index (χ0v) is 21.2. The zero-order valence-electron chi connectivity index (χ0n) is 21.2. The van der Waals surface area contributed by atoms with Crippen LogP contribution in [0.2, 0.25) is 0 Å². The van der Waals surface area contributed by atoms with E-state index in [0.717, 1.165) is 28.9 Å². The molecule has 0 spiro atoms. The lowest BCUT2D eigenvalue weighted by atomic mass is 9.76. The van der Waals surface area contributed by atoms with Gasteiger partial charge in [-0.25, -0.2) is 0 Å². The number of nitrogens with zero attached hydrogens (tertiary/aromatic N) is 4. The van der Waals surface area contributed by atoms with Crippen LogP contribution >= 0.6 is 0 Å². The van der Waals surface area contributed by atoms with Crippen molar-refractivity contribution < 1.29 is 4.74 Å². The first-order valence-electron chi connectivity index (χ1n) is 12.5. The van der Waals surface area contributed by atoms with Crippen LogP contribution < -0.4 is 10.1 Å². The Hall–Kier alpha value is -4.11. The SMILES string of the molecule is CC1=C(Oc2nc(Nc3ccc(C#N)cc3)nc3c2ccn3Cc2ccccc2)C(C)C[C@H](C)C1C. The molecule has 0 amide bonds. The molecule has 2 unspecified atom stereocenters. The molecule has 182 valence electrons. The van der Waals surface area contributed by atoms with Gasteiger partial charge in [-0.05, 0) is 66.6 Å². The van der Waals surface area contributed by atoms with Crippen molar-refractivity contribution in [1.82, 2.24) is 14.5 Å². The molecule has 6 heteroatoms. The van der Waals surface area contributed by atoms with E-state index in [1.54, 1.807) is 12.1 Å². The van der Waals surface area contributed by atoms with Crippen molar-refractivity contribution in [3.8, 4) is 11.9 Å². The van der Waals surface area contributed by atoms with Crippen molar-refractivity contribution >= 4 is 22.7 Å². The highest BCUT2D eigenvalue weighted by Gasteiger charge is 2.30. The molecule has 0 saturated heterocycles. The number of allylic oxidation sites excluding steroid dienone is 2. The zero-order chi connectivity index (χ0) is 25.2. The van der Waals surface area contributed by atoms with Gasteiger partial charge in [0.05, 0.1) is 17.0 Å². The summed E-state index contributed by atoms with van der Waals surface area (Å²) < 4.78 is 8.75. The maximum absolute atomic E-state index is 9.12. The van der Waals surface area contributed by atoms with Gasteiger partial charge < -0.3 is 14.6 Å². The number of nitriles is 1. The molecular formula is C30H31N5O. The summed E-state index contributed by atoms with van der Waals surface area (Å²) in [5.74, 6) is 3.44. The summed E-state index contributed by atoms with van der Waals surface area (Å²) in [5.41, 5.74) is 4.71. The van der Waals surface area contributed by atoms with Crippen LogP contribution in [0.3, 0.4) is 0 Å². The molecule has 2 heterocycles. The van der Waals surface area contributed by atoms with Crippen LogP contribution in [0.5, 0.6) is 5.88 Å². The fourth-order valence-corrected chi connectivity index (χ4v) is 5.03. The fourth-order valence-electron chi connectivity index (χ4n) is 5.03. The van der Waals surface area contributed by atoms with Crippen molar-refractivity contribution in [2.24, 2.45) is 17.8 Å². The summed E-state index contributed by atoms with van der Waals surface area (Å²) in [7, 11) is 0. The minimum atomic E-state index is 0.322. The van der Waals surface area contributed by atoms with Crippen molar-refractivity contribution in [2.45, 2.75) is 40.7 Å². The molecule has 0 fully saturated rings. The minimum absolute atomic E-state index is 0.322. The largest absolute Gasteiger partial charge is 0.442 e. The number of hydrogen-bond donors (Lipinski definition) is 1. The first-order chi connectivity index (χ1) is 17.4. The highest BCUT2D eigenvalue weighted by Crippen LogP contribution is 2.39. The Kier molecular flexibility index (Phi) is 6.47. The Bertz CT molecular complexity index is 1450. The molecule has 1 aliphatic carbocycles. The Morgan fingerprint density at radius 2 is 1.78 bits per heavy atom. The monoisotopic (exact) mass is 477 g/mol. The molecular weight excluding hydrogens is 446 g/mol. The van der Waals surface area contributed by atoms with E-state index < -0.39 is 0 Å². The number of nitrogens with one attached hydrogen (secondary N) is 1. The number of fused-ring (bicyclic) bond motifs is 1. The highest BCUT2D eigenvalue weighted by molar-refractivity contribution is 5.83. The van der Waals surface area contributed by atoms with Crippen molar-refractivity contribution in [2.75, 3.05) is 5.32 Å². The van der Waals surface area contributed by atoms with E-state index in [-0.39, 0.29) is 0 Å². The molecule has 0 bridgehead atoms. The highest BCUT2D eigenvalue weighted by atomic mass is 16.5. The van der Waals surface area contributed by atoms with Crippen LogP contribution in [0.15, 0.2) is 78.2 Å². The van der Waals surface area contributed by atoms with Crippen LogP contribution in [0.25, 0.3) is 11.0 Å². The Labute approximate surface area is 212 Å². The second-order valence-corrected chi connectivity index (χ2v) is 9.89. The molecule has 0 aliphatic heterocycles. The van der Waals surface area contributed by atoms with Crippen LogP contribution in [0.1, 0.15) is 45.2 Å². The van der Waals surface area contributed by atoms with Crippen LogP contribution in [-0.2, 0) is 6.54 Å². The van der Waals surface area contributed by atoms with E-state index >= 15 is 0 Å². The van der Waals surface area contributed by atoms with Gasteiger partial charge in [-0.2, -0.15) is 15.2 Å².